The molecule has 6 nitrogen and oxygen atoms in total. The molecule has 37 heavy (non-hydrogen) atoms. The number of unbranched alkanes of at least 4 members (excludes halogenated alkanes) is 1. The third kappa shape index (κ3) is 8.31. The topological polar surface area (TPSA) is 93.1 Å². The summed E-state index contributed by atoms with van der Waals surface area (Å²) in [6.07, 6.45) is 2.92. The third-order valence-corrected chi connectivity index (χ3v) is 7.66. The number of carboxylic acid groups (broad SMARTS) is 1. The van der Waals surface area contributed by atoms with Crippen LogP contribution in [0.1, 0.15) is 97.3 Å². The van der Waals surface area contributed by atoms with Crippen LogP contribution in [0, 0.1) is 17.3 Å². The maximum atomic E-state index is 13.8. The van der Waals surface area contributed by atoms with Crippen LogP contribution in [0.3, 0.4) is 0 Å². The average Bonchev–Trinajstić information content (AvgIpc) is 3.39. The normalized spacial score (nSPS) is 23.1. The number of esters is 1. The number of carbonyl (C=O) groups excluding carboxylic acids is 1. The Balaban J connectivity index is 2.57. The lowest BCUT2D eigenvalue weighted by Crippen LogP contribution is -2.50. The molecule has 2 rings (SSSR count). The van der Waals surface area contributed by atoms with Gasteiger partial charge in [-0.05, 0) is 69.8 Å². The second-order valence-electron chi connectivity index (χ2n) is 10.2. The van der Waals surface area contributed by atoms with Crippen LogP contribution in [0.25, 0.3) is 0 Å². The Morgan fingerprint density at radius 2 is 1.73 bits per heavy atom. The number of alkyl halides is 3. The first-order chi connectivity index (χ1) is 17.6. The molecule has 0 aromatic rings. The van der Waals surface area contributed by atoms with Gasteiger partial charge in [0.05, 0.1) is 12.0 Å². The van der Waals surface area contributed by atoms with Crippen LogP contribution in [0.15, 0.2) is 24.0 Å². The predicted octanol–water partition coefficient (Wildman–Crippen LogP) is 6.72. The maximum absolute atomic E-state index is 13.8. The summed E-state index contributed by atoms with van der Waals surface area (Å²) in [5, 5.41) is 22.0. The molecule has 1 aliphatic carbocycles. The zero-order valence-electron chi connectivity index (χ0n) is 22.1. The van der Waals surface area contributed by atoms with Gasteiger partial charge in [-0.2, -0.15) is 13.2 Å². The molecule has 1 saturated heterocycles. The number of carboxylic acids is 1. The summed E-state index contributed by atoms with van der Waals surface area (Å²) < 4.78 is 52.7. The number of carbonyl (C=O) groups is 2. The molecule has 2 unspecified atom stereocenters. The number of aliphatic hydroxyl groups excluding tert-OH is 1. The molecule has 2 fully saturated rings. The van der Waals surface area contributed by atoms with Gasteiger partial charge >= 0.3 is 18.1 Å². The molecule has 0 amide bonds. The lowest BCUT2D eigenvalue weighted by molar-refractivity contribution is -0.176. The van der Waals surface area contributed by atoms with E-state index < -0.39 is 54.0 Å². The lowest BCUT2D eigenvalue weighted by atomic mass is 9.67. The minimum Gasteiger partial charge on any atom is -0.480 e. The molecule has 2 aliphatic rings. The molecule has 1 saturated carbocycles. The minimum atomic E-state index is -4.49. The Kier molecular flexibility index (Phi) is 12.6. The summed E-state index contributed by atoms with van der Waals surface area (Å²) >= 11 is 0. The van der Waals surface area contributed by atoms with E-state index in [1.54, 1.807) is 19.1 Å². The van der Waals surface area contributed by atoms with Crippen molar-refractivity contribution < 1.29 is 42.4 Å². The number of allylic oxidation sites excluding steroid dienone is 2. The Bertz CT molecular complexity index is 781. The molecular formula is C28H43F3O6. The molecule has 1 aliphatic heterocycles. The van der Waals surface area contributed by atoms with Gasteiger partial charge in [-0.15, -0.1) is 0 Å². The molecule has 0 aromatic carbocycles. The van der Waals surface area contributed by atoms with Gasteiger partial charge in [0.25, 0.3) is 0 Å². The number of hydrogen-bond acceptors (Lipinski definition) is 5. The zero-order valence-corrected chi connectivity index (χ0v) is 22.1. The Morgan fingerprint density at radius 3 is 2.27 bits per heavy atom. The number of ether oxygens (including phenoxy) is 2. The average molecular weight is 533 g/mol. The maximum Gasteiger partial charge on any atom is 0.392 e. The van der Waals surface area contributed by atoms with Gasteiger partial charge in [-0.3, -0.25) is 4.79 Å². The van der Waals surface area contributed by atoms with Gasteiger partial charge in [0.15, 0.2) is 11.5 Å². The summed E-state index contributed by atoms with van der Waals surface area (Å²) in [6.45, 7) is 4.05. The largest absolute Gasteiger partial charge is 0.480 e. The molecule has 4 atom stereocenters. The van der Waals surface area contributed by atoms with Gasteiger partial charge in [-0.1, -0.05) is 51.7 Å². The van der Waals surface area contributed by atoms with Crippen LogP contribution in [0.2, 0.25) is 0 Å². The number of rotatable bonds is 14. The Morgan fingerprint density at radius 1 is 1.05 bits per heavy atom. The summed E-state index contributed by atoms with van der Waals surface area (Å²) in [5.41, 5.74) is -2.04. The second kappa shape index (κ2) is 14.9. The van der Waals surface area contributed by atoms with Crippen molar-refractivity contribution in [3.05, 3.63) is 24.0 Å². The molecule has 2 N–H and O–H groups in total. The van der Waals surface area contributed by atoms with Gasteiger partial charge < -0.3 is 19.7 Å². The van der Waals surface area contributed by atoms with E-state index in [9.17, 15) is 33.0 Å². The van der Waals surface area contributed by atoms with E-state index in [2.05, 4.69) is 0 Å². The second-order valence-corrected chi connectivity index (χ2v) is 10.2. The number of aliphatic carboxylic acids is 1. The van der Waals surface area contributed by atoms with Crippen molar-refractivity contribution in [3.8, 4) is 0 Å². The van der Waals surface area contributed by atoms with E-state index in [0.717, 1.165) is 31.8 Å². The molecule has 212 valence electrons. The van der Waals surface area contributed by atoms with Crippen molar-refractivity contribution >= 4 is 11.9 Å². The predicted molar refractivity (Wildman–Crippen MR) is 134 cm³/mol. The van der Waals surface area contributed by atoms with Crippen molar-refractivity contribution in [1.82, 2.24) is 0 Å². The van der Waals surface area contributed by atoms with Crippen molar-refractivity contribution in [1.29, 1.82) is 0 Å². The van der Waals surface area contributed by atoms with Gasteiger partial charge in [0.1, 0.15) is 5.76 Å². The SMILES string of the molecule is CC/C=C\C[C@@H](O)[C@](C(=O)O)(/C(=C\CC(CCCC)C(F)(F)F)OC(=O)C1CCCCO1)C1CCCC1. The Labute approximate surface area is 218 Å². The molecule has 0 spiro atoms. The molecule has 9 heteroatoms. The van der Waals surface area contributed by atoms with Crippen LogP contribution in [-0.4, -0.2) is 47.1 Å². The Hall–Kier alpha value is -1.87. The van der Waals surface area contributed by atoms with Gasteiger partial charge in [-0.25, -0.2) is 4.79 Å². The van der Waals surface area contributed by atoms with Crippen molar-refractivity contribution in [2.45, 2.75) is 116 Å². The highest BCUT2D eigenvalue weighted by Gasteiger charge is 2.57. The molecule has 1 heterocycles. The first-order valence-electron chi connectivity index (χ1n) is 13.8. The molecular weight excluding hydrogens is 489 g/mol. The highest BCUT2D eigenvalue weighted by atomic mass is 19.4. The van der Waals surface area contributed by atoms with E-state index >= 15 is 0 Å². The van der Waals surface area contributed by atoms with Crippen molar-refractivity contribution in [2.75, 3.05) is 6.61 Å². The number of aliphatic hydroxyl groups is 1. The molecule has 0 bridgehead atoms. The highest BCUT2D eigenvalue weighted by Crippen LogP contribution is 2.50. The number of hydrogen-bond donors (Lipinski definition) is 2. The fourth-order valence-corrected chi connectivity index (χ4v) is 5.53. The van der Waals surface area contributed by atoms with E-state index in [-0.39, 0.29) is 18.6 Å². The van der Waals surface area contributed by atoms with Gasteiger partial charge in [0, 0.05) is 6.61 Å². The van der Waals surface area contributed by atoms with Crippen LogP contribution < -0.4 is 0 Å². The quantitative estimate of drug-likeness (QED) is 0.147. The molecule has 0 radical (unpaired) electrons. The smallest absolute Gasteiger partial charge is 0.392 e. The summed E-state index contributed by atoms with van der Waals surface area (Å²) in [4.78, 5) is 26.1. The monoisotopic (exact) mass is 532 g/mol. The highest BCUT2D eigenvalue weighted by molar-refractivity contribution is 5.82. The summed E-state index contributed by atoms with van der Waals surface area (Å²) in [7, 11) is 0. The van der Waals surface area contributed by atoms with Gasteiger partial charge in [0.2, 0.25) is 0 Å². The van der Waals surface area contributed by atoms with Crippen LogP contribution >= 0.6 is 0 Å². The summed E-state index contributed by atoms with van der Waals surface area (Å²) in [6, 6.07) is 0. The third-order valence-electron chi connectivity index (χ3n) is 7.66. The van der Waals surface area contributed by atoms with Crippen LogP contribution in [0.5, 0.6) is 0 Å². The van der Waals surface area contributed by atoms with Crippen LogP contribution in [0.4, 0.5) is 13.2 Å². The summed E-state index contributed by atoms with van der Waals surface area (Å²) in [5.74, 6) is -4.88. The standard InChI is InChI=1S/C28H43F3O6/c1-3-5-7-16-23(32)27(26(34)35,20-13-8-9-14-20)24(37-25(33)22-15-10-11-19-36-22)18-17-21(12-6-4-2)28(29,30)31/h5,7,18,20-23,32H,3-4,6,8-17,19H2,1-2H3,(H,34,35)/b7-5-,24-18+/t21?,22?,23-,27+/m1/s1. The first-order valence-corrected chi connectivity index (χ1v) is 13.8. The minimum absolute atomic E-state index is 0.0238. The van der Waals surface area contributed by atoms with Crippen molar-refractivity contribution in [2.24, 2.45) is 17.3 Å². The van der Waals surface area contributed by atoms with E-state index in [1.165, 1.54) is 0 Å². The van der Waals surface area contributed by atoms with E-state index in [4.69, 9.17) is 9.47 Å². The fraction of sp³-hybridized carbons (Fsp3) is 0.786. The van der Waals surface area contributed by atoms with E-state index in [0.29, 0.717) is 45.1 Å². The lowest BCUT2D eigenvalue weighted by Gasteiger charge is -2.40. The fourth-order valence-electron chi connectivity index (χ4n) is 5.53. The van der Waals surface area contributed by atoms with Crippen molar-refractivity contribution in [3.63, 3.8) is 0 Å². The van der Waals surface area contributed by atoms with Crippen LogP contribution in [-0.2, 0) is 19.1 Å². The zero-order chi connectivity index (χ0) is 27.5. The first kappa shape index (κ1) is 31.3. The van der Waals surface area contributed by atoms with E-state index in [1.807, 2.05) is 6.92 Å². The molecule has 0 aromatic heterocycles. The number of halogens is 3.